The number of aromatic nitrogens is 4. The molecule has 0 saturated heterocycles. The summed E-state index contributed by atoms with van der Waals surface area (Å²) in [4.78, 5) is 3.93. The second-order valence-corrected chi connectivity index (χ2v) is 3.11. The summed E-state index contributed by atoms with van der Waals surface area (Å²) in [6.07, 6.45) is 4.22. The van der Waals surface area contributed by atoms with Gasteiger partial charge in [0.05, 0.1) is 11.9 Å². The lowest BCUT2D eigenvalue weighted by Crippen LogP contribution is -2.00. The van der Waals surface area contributed by atoms with E-state index in [0.29, 0.717) is 5.82 Å². The van der Waals surface area contributed by atoms with Gasteiger partial charge in [0.15, 0.2) is 0 Å². The van der Waals surface area contributed by atoms with Crippen molar-refractivity contribution in [3.8, 4) is 0 Å². The lowest BCUT2D eigenvalue weighted by atomic mass is 10.1. The number of nitrogens with two attached hydrogens (primary N) is 1. The van der Waals surface area contributed by atoms with E-state index >= 15 is 0 Å². The molecule has 2 rings (SSSR count). The Hall–Kier alpha value is -1.91. The molecule has 2 heterocycles. The lowest BCUT2D eigenvalue weighted by molar-refractivity contribution is 0.686. The Morgan fingerprint density at radius 2 is 2.36 bits per heavy atom. The van der Waals surface area contributed by atoms with E-state index in [1.807, 2.05) is 19.2 Å². The van der Waals surface area contributed by atoms with Gasteiger partial charge in [0.1, 0.15) is 5.82 Å². The van der Waals surface area contributed by atoms with E-state index in [9.17, 15) is 0 Å². The van der Waals surface area contributed by atoms with Crippen LogP contribution in [-0.4, -0.2) is 20.0 Å². The number of rotatable bonds is 2. The van der Waals surface area contributed by atoms with E-state index in [0.717, 1.165) is 17.7 Å². The maximum Gasteiger partial charge on any atom is 0.123 e. The van der Waals surface area contributed by atoms with Gasteiger partial charge in [-0.25, -0.2) is 4.98 Å². The van der Waals surface area contributed by atoms with Crippen molar-refractivity contribution in [1.82, 2.24) is 20.0 Å². The third kappa shape index (κ3) is 1.71. The molecule has 0 saturated carbocycles. The van der Waals surface area contributed by atoms with Gasteiger partial charge in [-0.3, -0.25) is 4.68 Å². The van der Waals surface area contributed by atoms with Crippen LogP contribution in [0.3, 0.4) is 0 Å². The third-order valence-corrected chi connectivity index (χ3v) is 2.04. The molecule has 5 nitrogen and oxygen atoms in total. The van der Waals surface area contributed by atoms with Gasteiger partial charge in [0, 0.05) is 19.7 Å². The Morgan fingerprint density at radius 1 is 1.50 bits per heavy atom. The summed E-state index contributed by atoms with van der Waals surface area (Å²) in [5, 5.41) is 7.66. The molecule has 2 aromatic rings. The van der Waals surface area contributed by atoms with Crippen LogP contribution in [0.2, 0.25) is 0 Å². The van der Waals surface area contributed by atoms with Gasteiger partial charge in [-0.15, -0.1) is 5.10 Å². The van der Waals surface area contributed by atoms with E-state index in [-0.39, 0.29) is 0 Å². The van der Waals surface area contributed by atoms with Gasteiger partial charge in [-0.2, -0.15) is 0 Å². The molecule has 0 bridgehead atoms. The number of nitrogen functional groups attached to an aromatic ring is 1. The molecule has 0 amide bonds. The van der Waals surface area contributed by atoms with Crippen LogP contribution in [0.15, 0.2) is 24.5 Å². The average molecular weight is 189 g/mol. The van der Waals surface area contributed by atoms with Gasteiger partial charge < -0.3 is 5.73 Å². The smallest absolute Gasteiger partial charge is 0.123 e. The van der Waals surface area contributed by atoms with Crippen LogP contribution in [0.1, 0.15) is 11.3 Å². The molecule has 0 aromatic carbocycles. The molecule has 2 N–H and O–H groups in total. The van der Waals surface area contributed by atoms with E-state index in [1.165, 1.54) is 0 Å². The first-order chi connectivity index (χ1) is 6.75. The van der Waals surface area contributed by atoms with Crippen LogP contribution >= 0.6 is 0 Å². The second-order valence-electron chi connectivity index (χ2n) is 3.11. The molecule has 0 aliphatic carbocycles. The zero-order valence-corrected chi connectivity index (χ0v) is 7.88. The van der Waals surface area contributed by atoms with Crippen molar-refractivity contribution >= 4 is 5.82 Å². The Morgan fingerprint density at radius 3 is 3.00 bits per heavy atom. The summed E-state index contributed by atoms with van der Waals surface area (Å²) in [7, 11) is 1.87. The number of nitrogens with zero attached hydrogens (tertiary/aromatic N) is 4. The Labute approximate surface area is 81.6 Å². The van der Waals surface area contributed by atoms with Crippen molar-refractivity contribution in [2.45, 2.75) is 6.42 Å². The minimum Gasteiger partial charge on any atom is -0.384 e. The highest BCUT2D eigenvalue weighted by molar-refractivity contribution is 5.33. The Kier molecular flexibility index (Phi) is 2.14. The van der Waals surface area contributed by atoms with E-state index in [1.54, 1.807) is 17.1 Å². The van der Waals surface area contributed by atoms with Gasteiger partial charge in [0.2, 0.25) is 0 Å². The second kappa shape index (κ2) is 3.45. The number of hydrogen-bond donors (Lipinski definition) is 1. The maximum absolute atomic E-state index is 5.58. The highest BCUT2D eigenvalue weighted by Crippen LogP contribution is 2.08. The number of aryl methyl sites for hydroxylation is 1. The largest absolute Gasteiger partial charge is 0.384 e. The van der Waals surface area contributed by atoms with Gasteiger partial charge in [-0.1, -0.05) is 5.21 Å². The molecule has 0 aliphatic rings. The van der Waals surface area contributed by atoms with Crippen LogP contribution in [-0.2, 0) is 13.5 Å². The lowest BCUT2D eigenvalue weighted by Gasteiger charge is -2.01. The Bertz CT molecular complexity index is 434. The number of hydrogen-bond acceptors (Lipinski definition) is 4. The van der Waals surface area contributed by atoms with Gasteiger partial charge in [-0.05, 0) is 17.7 Å². The minimum atomic E-state index is 0.539. The molecule has 0 radical (unpaired) electrons. The first kappa shape index (κ1) is 8.68. The molecule has 0 spiro atoms. The molecular formula is C9H11N5. The normalized spacial score (nSPS) is 10.4. The fourth-order valence-electron chi connectivity index (χ4n) is 1.28. The summed E-state index contributed by atoms with van der Waals surface area (Å²) in [6.45, 7) is 0. The SMILES string of the molecule is Cn1nncc1Cc1ccnc(N)c1. The summed E-state index contributed by atoms with van der Waals surface area (Å²) in [5.41, 5.74) is 7.74. The average Bonchev–Trinajstić information content (AvgIpc) is 2.52. The molecule has 5 heteroatoms. The molecule has 0 unspecified atom stereocenters. The Balaban J connectivity index is 2.23. The van der Waals surface area contributed by atoms with Crippen LogP contribution < -0.4 is 5.73 Å². The van der Waals surface area contributed by atoms with Crippen molar-refractivity contribution < 1.29 is 0 Å². The maximum atomic E-state index is 5.58. The molecule has 14 heavy (non-hydrogen) atoms. The van der Waals surface area contributed by atoms with Crippen LogP contribution in [0, 0.1) is 0 Å². The molecule has 0 aliphatic heterocycles. The van der Waals surface area contributed by atoms with Crippen molar-refractivity contribution in [2.75, 3.05) is 5.73 Å². The summed E-state index contributed by atoms with van der Waals surface area (Å²) < 4.78 is 1.75. The van der Waals surface area contributed by atoms with E-state index < -0.39 is 0 Å². The first-order valence-electron chi connectivity index (χ1n) is 4.29. The van der Waals surface area contributed by atoms with Crippen molar-refractivity contribution in [1.29, 1.82) is 0 Å². The molecule has 72 valence electrons. The van der Waals surface area contributed by atoms with Crippen molar-refractivity contribution in [2.24, 2.45) is 7.05 Å². The number of anilines is 1. The molecular weight excluding hydrogens is 178 g/mol. The predicted octanol–water partition coefficient (Wildman–Crippen LogP) is 0.383. The van der Waals surface area contributed by atoms with Crippen LogP contribution in [0.4, 0.5) is 5.82 Å². The van der Waals surface area contributed by atoms with Crippen LogP contribution in [0.5, 0.6) is 0 Å². The van der Waals surface area contributed by atoms with E-state index in [2.05, 4.69) is 15.3 Å². The zero-order valence-electron chi connectivity index (χ0n) is 7.88. The molecule has 2 aromatic heterocycles. The standard InChI is InChI=1S/C9H11N5/c1-14-8(6-12-13-14)4-7-2-3-11-9(10)5-7/h2-3,5-6H,4H2,1H3,(H2,10,11). The fraction of sp³-hybridized carbons (Fsp3) is 0.222. The predicted molar refractivity (Wildman–Crippen MR) is 52.5 cm³/mol. The minimum absolute atomic E-state index is 0.539. The monoisotopic (exact) mass is 189 g/mol. The number of pyridine rings is 1. The fourth-order valence-corrected chi connectivity index (χ4v) is 1.28. The highest BCUT2D eigenvalue weighted by Gasteiger charge is 2.01. The van der Waals surface area contributed by atoms with Crippen LogP contribution in [0.25, 0.3) is 0 Å². The van der Waals surface area contributed by atoms with E-state index in [4.69, 9.17) is 5.73 Å². The summed E-state index contributed by atoms with van der Waals surface area (Å²) in [5.74, 6) is 0.539. The first-order valence-corrected chi connectivity index (χ1v) is 4.29. The summed E-state index contributed by atoms with van der Waals surface area (Å²) in [6, 6.07) is 3.79. The van der Waals surface area contributed by atoms with Crippen molar-refractivity contribution in [3.05, 3.63) is 35.8 Å². The molecule has 0 fully saturated rings. The van der Waals surface area contributed by atoms with Gasteiger partial charge in [0.25, 0.3) is 0 Å². The zero-order chi connectivity index (χ0) is 9.97. The topological polar surface area (TPSA) is 69.6 Å². The third-order valence-electron chi connectivity index (χ3n) is 2.04. The van der Waals surface area contributed by atoms with Gasteiger partial charge >= 0.3 is 0 Å². The highest BCUT2D eigenvalue weighted by atomic mass is 15.4. The quantitative estimate of drug-likeness (QED) is 0.741. The summed E-state index contributed by atoms with van der Waals surface area (Å²) >= 11 is 0. The van der Waals surface area contributed by atoms with Crippen molar-refractivity contribution in [3.63, 3.8) is 0 Å². The molecule has 0 atom stereocenters.